The zero-order valence-electron chi connectivity index (χ0n) is 23.0. The van der Waals surface area contributed by atoms with Crippen molar-refractivity contribution < 1.29 is 33.7 Å². The SMILES string of the molecule is COc1cc2c(c(OC)c1OC)-c1ccc(N[C@@H](C(=O)NCC(=O)O)C(C)C)c(=O)cc1[C@@H](NC(C)=O)CC2. The Bertz CT molecular complexity index is 1320. The molecule has 4 N–H and O–H groups in total. The minimum Gasteiger partial charge on any atom is -0.493 e. The first-order chi connectivity index (χ1) is 18.5. The molecule has 2 atom stereocenters. The molecule has 39 heavy (non-hydrogen) atoms. The number of nitrogens with one attached hydrogen (secondary N) is 3. The number of aryl methyl sites for hydroxylation is 1. The van der Waals surface area contributed by atoms with Crippen LogP contribution in [0.3, 0.4) is 0 Å². The Balaban J connectivity index is 2.24. The van der Waals surface area contributed by atoms with Crippen LogP contribution in [0.15, 0.2) is 29.1 Å². The van der Waals surface area contributed by atoms with Gasteiger partial charge in [-0.05, 0) is 53.6 Å². The van der Waals surface area contributed by atoms with Gasteiger partial charge in [0.05, 0.1) is 33.1 Å². The number of carbonyl (C=O) groups is 3. The molecule has 0 bridgehead atoms. The number of ether oxygens (including phenoxy) is 3. The van der Waals surface area contributed by atoms with Crippen molar-refractivity contribution in [2.75, 3.05) is 33.2 Å². The van der Waals surface area contributed by atoms with E-state index in [1.165, 1.54) is 34.3 Å². The number of anilines is 1. The molecule has 210 valence electrons. The Hall–Kier alpha value is -4.28. The van der Waals surface area contributed by atoms with Crippen molar-refractivity contribution in [2.24, 2.45) is 5.92 Å². The number of carbonyl (C=O) groups excluding carboxylic acids is 2. The van der Waals surface area contributed by atoms with Gasteiger partial charge in [-0.25, -0.2) is 0 Å². The molecule has 1 aliphatic carbocycles. The number of hydrogen-bond donors (Lipinski definition) is 4. The van der Waals surface area contributed by atoms with Crippen molar-refractivity contribution >= 4 is 23.5 Å². The quantitative estimate of drug-likeness (QED) is 0.355. The molecule has 0 fully saturated rings. The van der Waals surface area contributed by atoms with E-state index in [1.807, 2.05) is 6.07 Å². The van der Waals surface area contributed by atoms with Gasteiger partial charge in [0.1, 0.15) is 12.6 Å². The summed E-state index contributed by atoms with van der Waals surface area (Å²) >= 11 is 0. The molecule has 1 aliphatic rings. The molecule has 0 unspecified atom stereocenters. The predicted octanol–water partition coefficient (Wildman–Crippen LogP) is 2.50. The first-order valence-corrected chi connectivity index (χ1v) is 12.6. The van der Waals surface area contributed by atoms with Crippen molar-refractivity contribution in [1.82, 2.24) is 10.6 Å². The number of fused-ring (bicyclic) bond motifs is 3. The van der Waals surface area contributed by atoms with Crippen LogP contribution < -0.4 is 35.6 Å². The van der Waals surface area contributed by atoms with Crippen molar-refractivity contribution in [3.8, 4) is 28.4 Å². The van der Waals surface area contributed by atoms with Crippen LogP contribution in [0.5, 0.6) is 17.2 Å². The maximum Gasteiger partial charge on any atom is 0.322 e. The molecule has 0 radical (unpaired) electrons. The standard InChI is InChI=1S/C28H35N3O8/c1-14(2)25(28(36)29-13-23(34)35)31-20-10-8-17-18(12-21(20)33)19(30-15(3)32)9-7-16-11-22(37-4)26(38-5)27(39-6)24(16)17/h8,10-12,14,19,25H,7,9,13H2,1-6H3,(H,29,36)(H,30,32)(H,31,33)(H,34,35)/t19-,25+/m0/s1. The topological polar surface area (TPSA) is 152 Å². The van der Waals surface area contributed by atoms with Gasteiger partial charge in [-0.15, -0.1) is 0 Å². The summed E-state index contributed by atoms with van der Waals surface area (Å²) in [5.41, 5.74) is 2.59. The number of amides is 2. The van der Waals surface area contributed by atoms with Crippen LogP contribution in [0.4, 0.5) is 5.69 Å². The van der Waals surface area contributed by atoms with E-state index in [0.717, 1.165) is 5.56 Å². The van der Waals surface area contributed by atoms with Gasteiger partial charge in [0.15, 0.2) is 11.5 Å². The Morgan fingerprint density at radius 1 is 1.05 bits per heavy atom. The predicted molar refractivity (Wildman–Crippen MR) is 146 cm³/mol. The van der Waals surface area contributed by atoms with Crippen LogP contribution in [-0.2, 0) is 20.8 Å². The van der Waals surface area contributed by atoms with Gasteiger partial charge in [0.25, 0.3) is 0 Å². The second kappa shape index (κ2) is 12.5. The molecule has 3 rings (SSSR count). The van der Waals surface area contributed by atoms with Crippen LogP contribution in [0, 0.1) is 5.92 Å². The van der Waals surface area contributed by atoms with E-state index in [4.69, 9.17) is 19.3 Å². The Kier molecular flexibility index (Phi) is 9.39. The molecule has 0 aliphatic heterocycles. The summed E-state index contributed by atoms with van der Waals surface area (Å²) in [6.45, 7) is 4.45. The van der Waals surface area contributed by atoms with E-state index in [1.54, 1.807) is 26.0 Å². The van der Waals surface area contributed by atoms with E-state index >= 15 is 0 Å². The van der Waals surface area contributed by atoms with Crippen molar-refractivity contribution in [2.45, 2.75) is 45.7 Å². The molecule has 2 amide bonds. The van der Waals surface area contributed by atoms with Crippen LogP contribution in [0.1, 0.15) is 44.4 Å². The van der Waals surface area contributed by atoms with Crippen LogP contribution >= 0.6 is 0 Å². The summed E-state index contributed by atoms with van der Waals surface area (Å²) in [6, 6.07) is 5.31. The largest absolute Gasteiger partial charge is 0.493 e. The number of carboxylic acids is 1. The molecule has 2 aromatic rings. The number of carboxylic acid groups (broad SMARTS) is 1. The highest BCUT2D eigenvalue weighted by atomic mass is 16.5. The lowest BCUT2D eigenvalue weighted by atomic mass is 9.95. The summed E-state index contributed by atoms with van der Waals surface area (Å²) in [5.74, 6) is -0.902. The third-order valence-corrected chi connectivity index (χ3v) is 6.59. The first-order valence-electron chi connectivity index (χ1n) is 12.6. The third kappa shape index (κ3) is 6.42. The lowest BCUT2D eigenvalue weighted by Gasteiger charge is -2.21. The smallest absolute Gasteiger partial charge is 0.322 e. The van der Waals surface area contributed by atoms with E-state index < -0.39 is 35.9 Å². The summed E-state index contributed by atoms with van der Waals surface area (Å²) < 4.78 is 16.9. The van der Waals surface area contributed by atoms with Crippen molar-refractivity contribution in [3.05, 3.63) is 45.6 Å². The average Bonchev–Trinajstić information content (AvgIpc) is 3.12. The zero-order chi connectivity index (χ0) is 28.9. The maximum atomic E-state index is 13.5. The first kappa shape index (κ1) is 29.3. The minimum atomic E-state index is -1.17. The molecule has 0 aromatic heterocycles. The monoisotopic (exact) mass is 541 g/mol. The maximum absolute atomic E-state index is 13.5. The molecular weight excluding hydrogens is 506 g/mol. The van der Waals surface area contributed by atoms with Gasteiger partial charge in [0.2, 0.25) is 23.0 Å². The van der Waals surface area contributed by atoms with Crippen LogP contribution in [0.2, 0.25) is 0 Å². The number of benzene rings is 1. The fourth-order valence-corrected chi connectivity index (χ4v) is 4.80. The van der Waals surface area contributed by atoms with Crippen molar-refractivity contribution in [1.29, 1.82) is 0 Å². The zero-order valence-corrected chi connectivity index (χ0v) is 23.0. The molecular formula is C28H35N3O8. The average molecular weight is 542 g/mol. The summed E-state index contributed by atoms with van der Waals surface area (Å²) in [6.07, 6.45) is 1.07. The highest BCUT2D eigenvalue weighted by molar-refractivity contribution is 5.88. The Morgan fingerprint density at radius 3 is 2.31 bits per heavy atom. The summed E-state index contributed by atoms with van der Waals surface area (Å²) in [4.78, 5) is 49.2. The van der Waals surface area contributed by atoms with Crippen LogP contribution in [0.25, 0.3) is 11.1 Å². The molecule has 0 spiro atoms. The molecule has 0 saturated carbocycles. The van der Waals surface area contributed by atoms with Crippen LogP contribution in [-0.4, -0.2) is 56.8 Å². The van der Waals surface area contributed by atoms with Gasteiger partial charge in [-0.3, -0.25) is 19.2 Å². The molecule has 0 heterocycles. The normalized spacial score (nSPS) is 14.7. The van der Waals surface area contributed by atoms with E-state index in [-0.39, 0.29) is 17.5 Å². The highest BCUT2D eigenvalue weighted by Gasteiger charge is 2.30. The summed E-state index contributed by atoms with van der Waals surface area (Å²) in [7, 11) is 4.56. The summed E-state index contributed by atoms with van der Waals surface area (Å²) in [5, 5.41) is 17.2. The second-order valence-corrected chi connectivity index (χ2v) is 9.57. The molecule has 11 nitrogen and oxygen atoms in total. The minimum absolute atomic E-state index is 0.148. The Morgan fingerprint density at radius 2 is 1.74 bits per heavy atom. The molecule has 2 aromatic carbocycles. The fourth-order valence-electron chi connectivity index (χ4n) is 4.80. The lowest BCUT2D eigenvalue weighted by Crippen LogP contribution is -2.45. The third-order valence-electron chi connectivity index (χ3n) is 6.59. The Labute approximate surface area is 226 Å². The second-order valence-electron chi connectivity index (χ2n) is 9.57. The van der Waals surface area contributed by atoms with Crippen molar-refractivity contribution in [3.63, 3.8) is 0 Å². The van der Waals surface area contributed by atoms with E-state index in [0.29, 0.717) is 46.8 Å². The van der Waals surface area contributed by atoms with E-state index in [9.17, 15) is 19.2 Å². The van der Waals surface area contributed by atoms with Gasteiger partial charge < -0.3 is 35.3 Å². The number of aliphatic carboxylic acids is 1. The lowest BCUT2D eigenvalue weighted by molar-refractivity contribution is -0.138. The molecule has 0 saturated heterocycles. The van der Waals surface area contributed by atoms with Gasteiger partial charge in [-0.1, -0.05) is 19.9 Å². The van der Waals surface area contributed by atoms with E-state index in [2.05, 4.69) is 16.0 Å². The fraction of sp³-hybridized carbons (Fsp3) is 0.429. The number of hydrogen-bond acceptors (Lipinski definition) is 8. The number of rotatable bonds is 10. The van der Waals surface area contributed by atoms with Gasteiger partial charge >= 0.3 is 5.97 Å². The molecule has 11 heteroatoms. The highest BCUT2D eigenvalue weighted by Crippen LogP contribution is 2.50. The number of methoxy groups -OCH3 is 3. The van der Waals surface area contributed by atoms with Gasteiger partial charge in [-0.2, -0.15) is 0 Å². The van der Waals surface area contributed by atoms with Gasteiger partial charge in [0, 0.05) is 12.5 Å².